The smallest absolute Gasteiger partial charge is 0.395 e. The number of aliphatic hydroxyl groups is 1. The van der Waals surface area contributed by atoms with Crippen LogP contribution in [0, 0.1) is 0 Å². The number of carbonyl (C=O) groups excluding carboxylic acids is 1. The molecule has 0 saturated heterocycles. The van der Waals surface area contributed by atoms with Gasteiger partial charge in [-0.1, -0.05) is 18.2 Å². The van der Waals surface area contributed by atoms with E-state index in [0.29, 0.717) is 0 Å². The Bertz CT molecular complexity index is 478. The summed E-state index contributed by atoms with van der Waals surface area (Å²) < 4.78 is 38.6. The number of hydrogen-bond donors (Lipinski definition) is 2. The Balaban J connectivity index is 2.72. The lowest BCUT2D eigenvalue weighted by molar-refractivity contribution is -0.138. The normalized spacial score (nSPS) is 12.9. The standard InChI is InChI=1S/C14H19F3N2O2/c1-10(18-13(21)19(2)7-8-20)9-11-5-3-4-6-12(11)14(15,16)17/h3-6,10,20H,7-9H2,1-2H3,(H,18,21)/t10-/m1/s1. The summed E-state index contributed by atoms with van der Waals surface area (Å²) in [6.45, 7) is 1.63. The summed E-state index contributed by atoms with van der Waals surface area (Å²) in [6.07, 6.45) is -4.33. The minimum Gasteiger partial charge on any atom is -0.395 e. The second kappa shape index (κ2) is 7.31. The molecule has 118 valence electrons. The Morgan fingerprint density at radius 3 is 2.57 bits per heavy atom. The van der Waals surface area contributed by atoms with Crippen LogP contribution in [0.25, 0.3) is 0 Å². The molecule has 0 aliphatic rings. The molecule has 1 atom stereocenters. The summed E-state index contributed by atoms with van der Waals surface area (Å²) in [6, 6.07) is 4.43. The first-order valence-corrected chi connectivity index (χ1v) is 6.53. The monoisotopic (exact) mass is 304 g/mol. The Morgan fingerprint density at radius 2 is 2.00 bits per heavy atom. The van der Waals surface area contributed by atoms with Crippen molar-refractivity contribution in [1.29, 1.82) is 0 Å². The molecule has 0 bridgehead atoms. The number of rotatable bonds is 5. The van der Waals surface area contributed by atoms with Crippen molar-refractivity contribution >= 4 is 6.03 Å². The van der Waals surface area contributed by atoms with E-state index in [1.807, 2.05) is 0 Å². The van der Waals surface area contributed by atoms with Crippen molar-refractivity contribution in [2.45, 2.75) is 25.6 Å². The van der Waals surface area contributed by atoms with Crippen molar-refractivity contribution in [2.24, 2.45) is 0 Å². The summed E-state index contributed by atoms with van der Waals surface area (Å²) in [5.41, 5.74) is -0.544. The summed E-state index contributed by atoms with van der Waals surface area (Å²) in [7, 11) is 1.50. The number of carbonyl (C=O) groups is 1. The molecule has 2 N–H and O–H groups in total. The highest BCUT2D eigenvalue weighted by atomic mass is 19.4. The first-order valence-electron chi connectivity index (χ1n) is 6.53. The largest absolute Gasteiger partial charge is 0.416 e. The van der Waals surface area contributed by atoms with Gasteiger partial charge in [-0.05, 0) is 25.0 Å². The lowest BCUT2D eigenvalue weighted by Gasteiger charge is -2.21. The lowest BCUT2D eigenvalue weighted by Crippen LogP contribution is -2.43. The molecule has 1 aromatic carbocycles. The van der Waals surface area contributed by atoms with E-state index in [2.05, 4.69) is 5.32 Å². The number of nitrogens with one attached hydrogen (secondary N) is 1. The van der Waals surface area contributed by atoms with Crippen molar-refractivity contribution < 1.29 is 23.1 Å². The minimum absolute atomic E-state index is 0.0778. The number of amides is 2. The van der Waals surface area contributed by atoms with Crippen LogP contribution in [0.2, 0.25) is 0 Å². The highest BCUT2D eigenvalue weighted by Crippen LogP contribution is 2.32. The fourth-order valence-corrected chi connectivity index (χ4v) is 1.93. The summed E-state index contributed by atoms with van der Waals surface area (Å²) in [4.78, 5) is 13.0. The molecular formula is C14H19F3N2O2. The Labute approximate surface area is 121 Å². The quantitative estimate of drug-likeness (QED) is 0.877. The molecule has 1 rings (SSSR count). The van der Waals surface area contributed by atoms with Gasteiger partial charge in [0, 0.05) is 19.6 Å². The van der Waals surface area contributed by atoms with Gasteiger partial charge in [-0.15, -0.1) is 0 Å². The highest BCUT2D eigenvalue weighted by molar-refractivity contribution is 5.74. The maximum absolute atomic E-state index is 12.9. The fraction of sp³-hybridized carbons (Fsp3) is 0.500. The van der Waals surface area contributed by atoms with Crippen LogP contribution >= 0.6 is 0 Å². The molecule has 2 amide bonds. The van der Waals surface area contributed by atoms with Crippen molar-refractivity contribution in [3.8, 4) is 0 Å². The van der Waals surface area contributed by atoms with Gasteiger partial charge in [0.25, 0.3) is 0 Å². The predicted molar refractivity (Wildman–Crippen MR) is 72.9 cm³/mol. The molecule has 0 radical (unpaired) electrons. The van der Waals surface area contributed by atoms with Crippen LogP contribution in [-0.4, -0.2) is 42.3 Å². The zero-order valence-corrected chi connectivity index (χ0v) is 11.9. The molecule has 0 fully saturated rings. The van der Waals surface area contributed by atoms with Crippen molar-refractivity contribution in [3.05, 3.63) is 35.4 Å². The second-order valence-corrected chi connectivity index (χ2v) is 4.85. The summed E-state index contributed by atoms with van der Waals surface area (Å²) in [5, 5.41) is 11.3. The third-order valence-electron chi connectivity index (χ3n) is 3.00. The number of urea groups is 1. The van der Waals surface area contributed by atoms with E-state index in [9.17, 15) is 18.0 Å². The Kier molecular flexibility index (Phi) is 6.02. The molecule has 0 spiro atoms. The topological polar surface area (TPSA) is 52.6 Å². The van der Waals surface area contributed by atoms with Crippen LogP contribution in [0.4, 0.5) is 18.0 Å². The van der Waals surface area contributed by atoms with Crippen LogP contribution < -0.4 is 5.32 Å². The van der Waals surface area contributed by atoms with E-state index in [0.717, 1.165) is 6.07 Å². The number of halogens is 3. The molecule has 0 aliphatic carbocycles. The van der Waals surface area contributed by atoms with Gasteiger partial charge in [0.1, 0.15) is 0 Å². The van der Waals surface area contributed by atoms with Gasteiger partial charge in [0.05, 0.1) is 12.2 Å². The Morgan fingerprint density at radius 1 is 1.38 bits per heavy atom. The van der Waals surface area contributed by atoms with Crippen LogP contribution in [0.5, 0.6) is 0 Å². The molecule has 0 heterocycles. The number of alkyl halides is 3. The third-order valence-corrected chi connectivity index (χ3v) is 3.00. The molecule has 0 saturated carbocycles. The zero-order chi connectivity index (χ0) is 16.0. The van der Waals surface area contributed by atoms with E-state index in [1.165, 1.54) is 30.1 Å². The summed E-state index contributed by atoms with van der Waals surface area (Å²) >= 11 is 0. The van der Waals surface area contributed by atoms with Gasteiger partial charge in [0.2, 0.25) is 0 Å². The third kappa shape index (κ3) is 5.26. The molecule has 21 heavy (non-hydrogen) atoms. The van der Waals surface area contributed by atoms with Gasteiger partial charge in [0.15, 0.2) is 0 Å². The van der Waals surface area contributed by atoms with E-state index >= 15 is 0 Å². The van der Waals surface area contributed by atoms with Gasteiger partial charge in [-0.2, -0.15) is 13.2 Å². The minimum atomic E-state index is -4.41. The van der Waals surface area contributed by atoms with E-state index in [4.69, 9.17) is 5.11 Å². The Hall–Kier alpha value is -1.76. The fourth-order valence-electron chi connectivity index (χ4n) is 1.93. The van der Waals surface area contributed by atoms with E-state index < -0.39 is 23.8 Å². The molecule has 0 aromatic heterocycles. The van der Waals surface area contributed by atoms with Crippen molar-refractivity contribution in [2.75, 3.05) is 20.2 Å². The number of likely N-dealkylation sites (N-methyl/N-ethyl adjacent to an activating group) is 1. The first kappa shape index (κ1) is 17.3. The molecule has 4 nitrogen and oxygen atoms in total. The van der Waals surface area contributed by atoms with Crippen LogP contribution in [-0.2, 0) is 12.6 Å². The van der Waals surface area contributed by atoms with Crippen LogP contribution in [0.1, 0.15) is 18.1 Å². The van der Waals surface area contributed by atoms with Crippen molar-refractivity contribution in [1.82, 2.24) is 10.2 Å². The van der Waals surface area contributed by atoms with Crippen LogP contribution in [0.15, 0.2) is 24.3 Å². The lowest BCUT2D eigenvalue weighted by atomic mass is 10.0. The molecule has 1 aromatic rings. The maximum Gasteiger partial charge on any atom is 0.416 e. The van der Waals surface area contributed by atoms with Gasteiger partial charge < -0.3 is 15.3 Å². The maximum atomic E-state index is 12.9. The van der Waals surface area contributed by atoms with E-state index in [1.54, 1.807) is 6.92 Å². The van der Waals surface area contributed by atoms with Gasteiger partial charge in [-0.25, -0.2) is 4.79 Å². The van der Waals surface area contributed by atoms with Gasteiger partial charge in [-0.3, -0.25) is 0 Å². The predicted octanol–water partition coefficient (Wildman–Crippen LogP) is 2.27. The number of benzene rings is 1. The molecular weight excluding hydrogens is 285 g/mol. The average molecular weight is 304 g/mol. The summed E-state index contributed by atoms with van der Waals surface area (Å²) in [5.74, 6) is 0. The van der Waals surface area contributed by atoms with Crippen molar-refractivity contribution in [3.63, 3.8) is 0 Å². The van der Waals surface area contributed by atoms with Gasteiger partial charge >= 0.3 is 12.2 Å². The number of hydrogen-bond acceptors (Lipinski definition) is 2. The van der Waals surface area contributed by atoms with Crippen LogP contribution in [0.3, 0.4) is 0 Å². The first-order chi connectivity index (χ1) is 9.75. The molecule has 7 heteroatoms. The average Bonchev–Trinajstić information content (AvgIpc) is 2.38. The zero-order valence-electron chi connectivity index (χ0n) is 11.9. The number of aliphatic hydroxyl groups excluding tert-OH is 1. The SMILES string of the molecule is C[C@H](Cc1ccccc1C(F)(F)F)NC(=O)N(C)CCO. The number of nitrogens with zero attached hydrogens (tertiary/aromatic N) is 1. The second-order valence-electron chi connectivity index (χ2n) is 4.85. The highest BCUT2D eigenvalue weighted by Gasteiger charge is 2.33. The molecule has 0 unspecified atom stereocenters. The van der Waals surface area contributed by atoms with E-state index in [-0.39, 0.29) is 25.1 Å². The molecule has 0 aliphatic heterocycles.